The smallest absolute Gasteiger partial charge is 0.171 e. The lowest BCUT2D eigenvalue weighted by atomic mass is 10.1. The number of rotatable bonds is 1. The molecule has 0 spiro atoms. The average molecular weight is 300 g/mol. The predicted octanol–water partition coefficient (Wildman–Crippen LogP) is 3.70. The lowest BCUT2D eigenvalue weighted by molar-refractivity contribution is -0.127. The van der Waals surface area contributed by atoms with Gasteiger partial charge in [-0.2, -0.15) is 13.2 Å². The van der Waals surface area contributed by atoms with Crippen LogP contribution in [0.5, 0.6) is 0 Å². The third kappa shape index (κ3) is 3.54. The molecule has 13 heavy (non-hydrogen) atoms. The molecule has 0 aromatic heterocycles. The minimum atomic E-state index is -4.11. The van der Waals surface area contributed by atoms with Gasteiger partial charge >= 0.3 is 6.18 Å². The van der Waals surface area contributed by atoms with E-state index >= 15 is 0 Å². The summed E-state index contributed by atoms with van der Waals surface area (Å²) in [6.45, 7) is 1.70. The maximum absolute atomic E-state index is 12.0. The minimum Gasteiger partial charge on any atom is -0.171 e. The van der Waals surface area contributed by atoms with Crippen LogP contribution in [0.2, 0.25) is 0 Å². The van der Waals surface area contributed by atoms with Gasteiger partial charge in [-0.05, 0) is 52.8 Å². The molecule has 0 radical (unpaired) electrons. The molecule has 1 rings (SSSR count). The Morgan fingerprint density at radius 3 is 2.38 bits per heavy atom. The van der Waals surface area contributed by atoms with Gasteiger partial charge < -0.3 is 0 Å². The molecule has 0 aliphatic heterocycles. The van der Waals surface area contributed by atoms with Crippen LogP contribution in [0.1, 0.15) is 11.1 Å². The van der Waals surface area contributed by atoms with Crippen molar-refractivity contribution >= 4 is 22.6 Å². The summed E-state index contributed by atoms with van der Waals surface area (Å²) in [5, 5.41) is 0. The molecular weight excluding hydrogens is 292 g/mol. The minimum absolute atomic E-state index is 0.355. The zero-order valence-corrected chi connectivity index (χ0v) is 9.11. The van der Waals surface area contributed by atoms with E-state index in [1.54, 1.807) is 19.1 Å². The van der Waals surface area contributed by atoms with E-state index in [0.29, 0.717) is 11.1 Å². The molecule has 0 nitrogen and oxygen atoms in total. The average Bonchev–Trinajstić information content (AvgIpc) is 1.93. The third-order valence-electron chi connectivity index (χ3n) is 1.70. The molecule has 0 aliphatic carbocycles. The van der Waals surface area contributed by atoms with Crippen LogP contribution >= 0.6 is 22.6 Å². The van der Waals surface area contributed by atoms with Crippen LogP contribution < -0.4 is 0 Å². The zero-order chi connectivity index (χ0) is 10.1. The first kappa shape index (κ1) is 10.8. The summed E-state index contributed by atoms with van der Waals surface area (Å²) in [5.74, 6) is 0. The van der Waals surface area contributed by atoms with Gasteiger partial charge in [-0.3, -0.25) is 0 Å². The third-order valence-corrected chi connectivity index (χ3v) is 2.37. The summed E-state index contributed by atoms with van der Waals surface area (Å²) in [7, 11) is 0. The highest BCUT2D eigenvalue weighted by Crippen LogP contribution is 2.23. The maximum atomic E-state index is 12.0. The van der Waals surface area contributed by atoms with Crippen molar-refractivity contribution in [3.63, 3.8) is 0 Å². The van der Waals surface area contributed by atoms with Gasteiger partial charge in [0, 0.05) is 3.57 Å². The van der Waals surface area contributed by atoms with Gasteiger partial charge in [0.15, 0.2) is 0 Å². The molecule has 0 saturated carbocycles. The normalized spacial score (nSPS) is 11.8. The lowest BCUT2D eigenvalue weighted by Gasteiger charge is -2.09. The van der Waals surface area contributed by atoms with E-state index in [9.17, 15) is 13.2 Å². The van der Waals surface area contributed by atoms with Gasteiger partial charge in [-0.25, -0.2) is 0 Å². The first-order valence-electron chi connectivity index (χ1n) is 3.70. The largest absolute Gasteiger partial charge is 0.393 e. The van der Waals surface area contributed by atoms with E-state index in [2.05, 4.69) is 22.6 Å². The van der Waals surface area contributed by atoms with Crippen LogP contribution in [0.25, 0.3) is 0 Å². The Morgan fingerprint density at radius 2 is 1.92 bits per heavy atom. The van der Waals surface area contributed by atoms with Crippen molar-refractivity contribution in [3.05, 3.63) is 32.9 Å². The van der Waals surface area contributed by atoms with Gasteiger partial charge in [0.1, 0.15) is 0 Å². The van der Waals surface area contributed by atoms with Crippen LogP contribution in [0, 0.1) is 10.5 Å². The van der Waals surface area contributed by atoms with E-state index in [0.717, 1.165) is 3.57 Å². The second-order valence-electron chi connectivity index (χ2n) is 2.86. The van der Waals surface area contributed by atoms with Gasteiger partial charge in [0.05, 0.1) is 6.42 Å². The van der Waals surface area contributed by atoms with Crippen molar-refractivity contribution in [3.8, 4) is 0 Å². The maximum Gasteiger partial charge on any atom is 0.393 e. The Labute approximate surface area is 88.3 Å². The highest BCUT2D eigenvalue weighted by Gasteiger charge is 2.28. The van der Waals surface area contributed by atoms with Gasteiger partial charge in [0.2, 0.25) is 0 Å². The Morgan fingerprint density at radius 1 is 1.31 bits per heavy atom. The van der Waals surface area contributed by atoms with E-state index < -0.39 is 12.6 Å². The van der Waals surface area contributed by atoms with Gasteiger partial charge in [-0.15, -0.1) is 0 Å². The fourth-order valence-electron chi connectivity index (χ4n) is 1.07. The summed E-state index contributed by atoms with van der Waals surface area (Å²) in [4.78, 5) is 0. The molecule has 0 fully saturated rings. The molecule has 0 aliphatic rings. The second kappa shape index (κ2) is 3.86. The lowest BCUT2D eigenvalue weighted by Crippen LogP contribution is -2.12. The highest BCUT2D eigenvalue weighted by atomic mass is 127. The Kier molecular flexibility index (Phi) is 3.21. The van der Waals surface area contributed by atoms with Crippen molar-refractivity contribution in [2.24, 2.45) is 0 Å². The first-order chi connectivity index (χ1) is 5.88. The van der Waals surface area contributed by atoms with E-state index in [1.165, 1.54) is 6.07 Å². The fraction of sp³-hybridized carbons (Fsp3) is 0.333. The van der Waals surface area contributed by atoms with Crippen LogP contribution in [-0.4, -0.2) is 6.18 Å². The Hall–Kier alpha value is -0.260. The Balaban J connectivity index is 2.90. The molecular formula is C9H8F3I. The first-order valence-corrected chi connectivity index (χ1v) is 4.78. The number of hydrogen-bond donors (Lipinski definition) is 0. The SMILES string of the molecule is Cc1cc(I)ccc1CC(F)(F)F. The van der Waals surface area contributed by atoms with Crippen LogP contribution in [0.3, 0.4) is 0 Å². The van der Waals surface area contributed by atoms with Crippen molar-refractivity contribution in [1.82, 2.24) is 0 Å². The quantitative estimate of drug-likeness (QED) is 0.694. The topological polar surface area (TPSA) is 0 Å². The van der Waals surface area contributed by atoms with Crippen molar-refractivity contribution in [1.29, 1.82) is 0 Å². The molecule has 0 unspecified atom stereocenters. The van der Waals surface area contributed by atoms with Crippen molar-refractivity contribution in [2.75, 3.05) is 0 Å². The molecule has 0 heterocycles. The fourth-order valence-corrected chi connectivity index (χ4v) is 1.72. The number of hydrogen-bond acceptors (Lipinski definition) is 0. The molecule has 1 aromatic carbocycles. The Bertz CT molecular complexity index is 304. The van der Waals surface area contributed by atoms with E-state index in [1.807, 2.05) is 0 Å². The van der Waals surface area contributed by atoms with Crippen LogP contribution in [0.4, 0.5) is 13.2 Å². The standard InChI is InChI=1S/C9H8F3I/c1-6-4-8(13)3-2-7(6)5-9(10,11)12/h2-4H,5H2,1H3. The summed E-state index contributed by atoms with van der Waals surface area (Å²) in [6.07, 6.45) is -4.95. The molecule has 72 valence electrons. The monoisotopic (exact) mass is 300 g/mol. The van der Waals surface area contributed by atoms with E-state index in [4.69, 9.17) is 0 Å². The number of aryl methyl sites for hydroxylation is 1. The molecule has 0 N–H and O–H groups in total. The summed E-state index contributed by atoms with van der Waals surface area (Å²) < 4.78 is 37.0. The number of halogens is 4. The second-order valence-corrected chi connectivity index (χ2v) is 4.11. The molecule has 0 atom stereocenters. The summed E-state index contributed by atoms with van der Waals surface area (Å²) >= 11 is 2.08. The molecule has 0 saturated heterocycles. The van der Waals surface area contributed by atoms with E-state index in [-0.39, 0.29) is 0 Å². The zero-order valence-electron chi connectivity index (χ0n) is 6.95. The van der Waals surface area contributed by atoms with Crippen LogP contribution in [0.15, 0.2) is 18.2 Å². The number of alkyl halides is 3. The summed E-state index contributed by atoms with van der Waals surface area (Å²) in [5.41, 5.74) is 1.05. The molecule has 0 amide bonds. The molecule has 1 aromatic rings. The molecule has 0 bridgehead atoms. The summed E-state index contributed by atoms with van der Waals surface area (Å²) in [6, 6.07) is 4.97. The molecule has 4 heteroatoms. The highest BCUT2D eigenvalue weighted by molar-refractivity contribution is 14.1. The number of benzene rings is 1. The van der Waals surface area contributed by atoms with Gasteiger partial charge in [-0.1, -0.05) is 6.07 Å². The van der Waals surface area contributed by atoms with Crippen LogP contribution in [-0.2, 0) is 6.42 Å². The van der Waals surface area contributed by atoms with Crippen molar-refractivity contribution < 1.29 is 13.2 Å². The van der Waals surface area contributed by atoms with Crippen molar-refractivity contribution in [2.45, 2.75) is 19.5 Å². The van der Waals surface area contributed by atoms with Gasteiger partial charge in [0.25, 0.3) is 0 Å². The predicted molar refractivity (Wildman–Crippen MR) is 53.7 cm³/mol.